The van der Waals surface area contributed by atoms with Crippen molar-refractivity contribution in [1.82, 2.24) is 4.90 Å². The summed E-state index contributed by atoms with van der Waals surface area (Å²) in [5.41, 5.74) is 7.09. The number of carbonyl (C=O) groups excluding carboxylic acids is 3. The number of likely N-dealkylation sites (tertiary alicyclic amines) is 1. The van der Waals surface area contributed by atoms with Gasteiger partial charge in [0.05, 0.1) is 6.04 Å². The van der Waals surface area contributed by atoms with E-state index >= 15 is 0 Å². The van der Waals surface area contributed by atoms with Crippen molar-refractivity contribution in [3.05, 3.63) is 35.6 Å². The normalized spacial score (nSPS) is 27.1. The van der Waals surface area contributed by atoms with Crippen LogP contribution in [0.4, 0.5) is 4.39 Å². The molecule has 3 fully saturated rings. The second-order valence-electron chi connectivity index (χ2n) is 11.7. The van der Waals surface area contributed by atoms with E-state index < -0.39 is 24.7 Å². The Morgan fingerprint density at radius 2 is 1.77 bits per heavy atom. The number of furan rings is 1. The zero-order chi connectivity index (χ0) is 27.7. The van der Waals surface area contributed by atoms with Crippen LogP contribution in [-0.4, -0.2) is 58.8 Å². The van der Waals surface area contributed by atoms with E-state index in [9.17, 15) is 28.7 Å². The number of amides is 1. The molecule has 39 heavy (non-hydrogen) atoms. The number of benzene rings is 1. The highest BCUT2D eigenvalue weighted by Gasteiger charge is 2.46. The third-order valence-corrected chi connectivity index (χ3v) is 9.33. The van der Waals surface area contributed by atoms with Crippen LogP contribution in [0, 0.1) is 23.7 Å². The number of fused-ring (bicyclic) bond motifs is 1. The fraction of sp³-hybridized carbons (Fsp3) is 0.600. The Morgan fingerprint density at radius 1 is 1.05 bits per heavy atom. The number of hydrogen-bond donors (Lipinski definition) is 2. The van der Waals surface area contributed by atoms with Gasteiger partial charge in [0.15, 0.2) is 5.78 Å². The van der Waals surface area contributed by atoms with Crippen molar-refractivity contribution in [3.8, 4) is 0 Å². The topological polar surface area (TPSA) is 131 Å². The molecule has 3 N–H and O–H groups in total. The molecule has 8 nitrogen and oxygen atoms in total. The molecule has 5 rings (SSSR count). The number of Topliss-reactive ketones (excluding diaryl/α,β-unsaturated/α-hetero) is 2. The molecule has 2 saturated carbocycles. The maximum absolute atomic E-state index is 13.9. The van der Waals surface area contributed by atoms with E-state index in [0.29, 0.717) is 56.0 Å². The molecule has 1 aliphatic heterocycles. The zero-order valence-corrected chi connectivity index (χ0v) is 22.1. The van der Waals surface area contributed by atoms with Crippen molar-refractivity contribution in [2.24, 2.45) is 29.4 Å². The van der Waals surface area contributed by atoms with Crippen molar-refractivity contribution < 1.29 is 33.1 Å². The quantitative estimate of drug-likeness (QED) is 0.510. The SMILES string of the molecule is N[C@H](CF)C1CCC(C(=O)N2CC[C@H](C3CCC(=O)CC3)[C@@H]2C(=O)Cc2ccc3oc(C(=O)O)cc3c2)CC1. The third kappa shape index (κ3) is 5.78. The predicted molar refractivity (Wildman–Crippen MR) is 142 cm³/mol. The van der Waals surface area contributed by atoms with Crippen molar-refractivity contribution in [3.63, 3.8) is 0 Å². The van der Waals surface area contributed by atoms with Gasteiger partial charge in [0.2, 0.25) is 11.7 Å². The highest BCUT2D eigenvalue weighted by molar-refractivity contribution is 5.94. The molecule has 0 spiro atoms. The molecular weight excluding hydrogens is 503 g/mol. The second kappa shape index (κ2) is 11.6. The number of hydrogen-bond acceptors (Lipinski definition) is 6. The molecule has 2 heterocycles. The van der Waals surface area contributed by atoms with E-state index in [4.69, 9.17) is 10.2 Å². The molecule has 0 bridgehead atoms. The number of alkyl halides is 1. The summed E-state index contributed by atoms with van der Waals surface area (Å²) < 4.78 is 18.4. The fourth-order valence-corrected chi connectivity index (χ4v) is 7.13. The summed E-state index contributed by atoms with van der Waals surface area (Å²) in [6.45, 7) is -0.0310. The van der Waals surface area contributed by atoms with Gasteiger partial charge in [0.1, 0.15) is 18.0 Å². The molecule has 1 aromatic heterocycles. The summed E-state index contributed by atoms with van der Waals surface area (Å²) >= 11 is 0. The Labute approximate surface area is 227 Å². The van der Waals surface area contributed by atoms with Gasteiger partial charge in [-0.1, -0.05) is 6.07 Å². The summed E-state index contributed by atoms with van der Waals surface area (Å²) in [4.78, 5) is 52.7. The lowest BCUT2D eigenvalue weighted by molar-refractivity contribution is -0.143. The minimum Gasteiger partial charge on any atom is -0.475 e. The van der Waals surface area contributed by atoms with Gasteiger partial charge >= 0.3 is 5.97 Å². The van der Waals surface area contributed by atoms with Crippen LogP contribution in [-0.2, 0) is 20.8 Å². The first-order valence-electron chi connectivity index (χ1n) is 14.2. The highest BCUT2D eigenvalue weighted by atomic mass is 19.1. The molecule has 3 atom stereocenters. The summed E-state index contributed by atoms with van der Waals surface area (Å²) in [7, 11) is 0. The van der Waals surface area contributed by atoms with Crippen LogP contribution in [0.1, 0.15) is 73.9 Å². The Morgan fingerprint density at radius 3 is 2.44 bits per heavy atom. The average Bonchev–Trinajstić information content (AvgIpc) is 3.57. The highest BCUT2D eigenvalue weighted by Crippen LogP contribution is 2.41. The van der Waals surface area contributed by atoms with Gasteiger partial charge in [0, 0.05) is 43.2 Å². The van der Waals surface area contributed by atoms with Crippen LogP contribution < -0.4 is 5.73 Å². The van der Waals surface area contributed by atoms with Crippen LogP contribution >= 0.6 is 0 Å². The van der Waals surface area contributed by atoms with Crippen LogP contribution in [0.2, 0.25) is 0 Å². The Hall–Kier alpha value is -3.07. The number of nitrogens with zero attached hydrogens (tertiary/aromatic N) is 1. The Kier molecular flexibility index (Phi) is 8.16. The number of ketones is 2. The first-order valence-corrected chi connectivity index (χ1v) is 14.2. The van der Waals surface area contributed by atoms with Crippen LogP contribution in [0.25, 0.3) is 11.0 Å². The monoisotopic (exact) mass is 540 g/mol. The van der Waals surface area contributed by atoms with Gasteiger partial charge < -0.3 is 20.2 Å². The molecule has 1 aromatic carbocycles. The van der Waals surface area contributed by atoms with E-state index in [1.165, 1.54) is 6.07 Å². The zero-order valence-electron chi connectivity index (χ0n) is 22.1. The van der Waals surface area contributed by atoms with Gasteiger partial charge in [-0.3, -0.25) is 14.4 Å². The summed E-state index contributed by atoms with van der Waals surface area (Å²) in [5.74, 6) is -0.937. The number of rotatable bonds is 8. The lowest BCUT2D eigenvalue weighted by Crippen LogP contribution is -2.48. The molecule has 2 aliphatic carbocycles. The standard InChI is InChI=1S/C30H37FN2O6/c31-16-24(32)19-2-4-20(5-3-19)29(36)33-12-11-23(18-6-8-22(34)9-7-18)28(33)25(35)14-17-1-10-26-21(13-17)15-27(39-26)30(37)38/h1,10,13,15,18-20,23-24,28H,2-9,11-12,14,16,32H2,(H,37,38)/t19?,20?,23-,24-,28-/m1/s1. The molecular formula is C30H37FN2O6. The van der Waals surface area contributed by atoms with Crippen LogP contribution in [0.15, 0.2) is 28.7 Å². The second-order valence-corrected chi connectivity index (χ2v) is 11.7. The number of carboxylic acid groups (broad SMARTS) is 1. The van der Waals surface area contributed by atoms with Gasteiger partial charge in [0.25, 0.3) is 0 Å². The number of halogens is 1. The molecule has 3 aliphatic rings. The van der Waals surface area contributed by atoms with Crippen molar-refractivity contribution in [1.29, 1.82) is 0 Å². The van der Waals surface area contributed by atoms with Gasteiger partial charge in [-0.2, -0.15) is 0 Å². The van der Waals surface area contributed by atoms with Crippen LogP contribution in [0.3, 0.4) is 0 Å². The number of aromatic carboxylic acids is 1. The van der Waals surface area contributed by atoms with Crippen molar-refractivity contribution in [2.75, 3.05) is 13.2 Å². The summed E-state index contributed by atoms with van der Waals surface area (Å²) in [5, 5.41) is 9.84. The predicted octanol–water partition coefficient (Wildman–Crippen LogP) is 4.32. The minimum atomic E-state index is -1.15. The Bertz CT molecular complexity index is 1240. The van der Waals surface area contributed by atoms with Gasteiger partial charge in [-0.15, -0.1) is 0 Å². The third-order valence-electron chi connectivity index (χ3n) is 9.33. The van der Waals surface area contributed by atoms with Crippen LogP contribution in [0.5, 0.6) is 0 Å². The first kappa shape index (κ1) is 27.5. The summed E-state index contributed by atoms with van der Waals surface area (Å²) in [6.07, 6.45) is 6.15. The van der Waals surface area contributed by atoms with Crippen molar-refractivity contribution in [2.45, 2.75) is 76.3 Å². The molecule has 9 heteroatoms. The lowest BCUT2D eigenvalue weighted by Gasteiger charge is -2.36. The van der Waals surface area contributed by atoms with E-state index in [-0.39, 0.29) is 53.3 Å². The lowest BCUT2D eigenvalue weighted by atomic mass is 9.74. The van der Waals surface area contributed by atoms with E-state index in [1.807, 2.05) is 0 Å². The maximum atomic E-state index is 13.9. The summed E-state index contributed by atoms with van der Waals surface area (Å²) in [6, 6.07) is 5.63. The molecule has 1 amide bonds. The molecule has 0 unspecified atom stereocenters. The molecule has 1 saturated heterocycles. The minimum absolute atomic E-state index is 0.00592. The fourth-order valence-electron chi connectivity index (χ4n) is 7.13. The largest absolute Gasteiger partial charge is 0.475 e. The van der Waals surface area contributed by atoms with E-state index in [0.717, 1.165) is 24.8 Å². The number of nitrogens with two attached hydrogens (primary N) is 1. The van der Waals surface area contributed by atoms with Crippen molar-refractivity contribution >= 4 is 34.4 Å². The van der Waals surface area contributed by atoms with Gasteiger partial charge in [-0.25, -0.2) is 9.18 Å². The number of carbonyl (C=O) groups is 4. The van der Waals surface area contributed by atoms with E-state index in [2.05, 4.69) is 0 Å². The average molecular weight is 541 g/mol. The molecule has 2 aromatic rings. The molecule has 0 radical (unpaired) electrons. The van der Waals surface area contributed by atoms with E-state index in [1.54, 1.807) is 23.1 Å². The maximum Gasteiger partial charge on any atom is 0.371 e. The first-order chi connectivity index (χ1) is 18.7. The smallest absolute Gasteiger partial charge is 0.371 e. The number of carboxylic acids is 1. The van der Waals surface area contributed by atoms with Gasteiger partial charge in [-0.05, 0) is 86.5 Å². The molecule has 210 valence electrons. The Balaban J connectivity index is 1.35.